The predicted molar refractivity (Wildman–Crippen MR) is 74.4 cm³/mol. The Hall–Kier alpha value is -2.36. The fourth-order valence-corrected chi connectivity index (χ4v) is 2.13. The minimum atomic E-state index is -0.216. The van der Waals surface area contributed by atoms with Gasteiger partial charge in [0.15, 0.2) is 0 Å². The molecule has 3 nitrogen and oxygen atoms in total. The molecule has 0 bridgehead atoms. The highest BCUT2D eigenvalue weighted by molar-refractivity contribution is 5.90. The van der Waals surface area contributed by atoms with Crippen molar-refractivity contribution in [2.75, 3.05) is 5.32 Å². The van der Waals surface area contributed by atoms with Crippen molar-refractivity contribution in [2.45, 2.75) is 6.54 Å². The molecule has 3 rings (SSSR count). The lowest BCUT2D eigenvalue weighted by atomic mass is 10.2. The van der Waals surface area contributed by atoms with Crippen LogP contribution in [0.4, 0.5) is 10.2 Å². The van der Waals surface area contributed by atoms with Crippen LogP contribution in [-0.4, -0.2) is 9.55 Å². The number of halogens is 1. The number of nitrogens with zero attached hydrogens (tertiary/aromatic N) is 2. The average molecular weight is 255 g/mol. The lowest BCUT2D eigenvalue weighted by molar-refractivity contribution is 0.627. The van der Waals surface area contributed by atoms with E-state index < -0.39 is 0 Å². The molecular weight excluding hydrogens is 241 g/mol. The van der Waals surface area contributed by atoms with Crippen molar-refractivity contribution >= 4 is 16.7 Å². The molecule has 4 heteroatoms. The fraction of sp³-hybridized carbons (Fsp3) is 0.133. The summed E-state index contributed by atoms with van der Waals surface area (Å²) in [4.78, 5) is 4.35. The maximum atomic E-state index is 12.8. The van der Waals surface area contributed by atoms with E-state index in [0.717, 1.165) is 22.3 Å². The molecule has 0 fully saturated rings. The van der Waals surface area contributed by atoms with Gasteiger partial charge in [0.1, 0.15) is 11.6 Å². The van der Waals surface area contributed by atoms with Crippen LogP contribution >= 0.6 is 0 Å². The van der Waals surface area contributed by atoms with Gasteiger partial charge >= 0.3 is 0 Å². The molecule has 0 spiro atoms. The highest BCUT2D eigenvalue weighted by Gasteiger charge is 2.04. The van der Waals surface area contributed by atoms with Gasteiger partial charge in [-0.05, 0) is 29.8 Å². The highest BCUT2D eigenvalue weighted by atomic mass is 19.1. The number of hydrogen-bond donors (Lipinski definition) is 1. The molecule has 1 N–H and O–H groups in total. The number of aryl methyl sites for hydroxylation is 1. The van der Waals surface area contributed by atoms with E-state index in [4.69, 9.17) is 0 Å². The van der Waals surface area contributed by atoms with Crippen LogP contribution in [0.25, 0.3) is 10.9 Å². The van der Waals surface area contributed by atoms with Crippen molar-refractivity contribution in [3.8, 4) is 0 Å². The summed E-state index contributed by atoms with van der Waals surface area (Å²) in [5.41, 5.74) is 2.16. The van der Waals surface area contributed by atoms with Gasteiger partial charge in [-0.2, -0.15) is 0 Å². The molecule has 0 amide bonds. The number of aromatic nitrogens is 2. The van der Waals surface area contributed by atoms with E-state index >= 15 is 0 Å². The van der Waals surface area contributed by atoms with Gasteiger partial charge in [-0.1, -0.05) is 12.1 Å². The monoisotopic (exact) mass is 255 g/mol. The number of anilines is 1. The number of fused-ring (bicyclic) bond motifs is 1. The Kier molecular flexibility index (Phi) is 2.91. The van der Waals surface area contributed by atoms with Crippen molar-refractivity contribution < 1.29 is 4.39 Å². The van der Waals surface area contributed by atoms with E-state index in [0.29, 0.717) is 6.54 Å². The van der Waals surface area contributed by atoms with Crippen molar-refractivity contribution in [1.29, 1.82) is 0 Å². The largest absolute Gasteiger partial charge is 0.365 e. The van der Waals surface area contributed by atoms with E-state index in [-0.39, 0.29) is 5.82 Å². The average Bonchev–Trinajstić information content (AvgIpc) is 2.81. The standard InChI is InChI=1S/C15H14FN3/c1-19-9-7-13-14(19)6-8-17-15(13)18-10-11-2-4-12(16)5-3-11/h2-9H,10H2,1H3,(H,17,18). The molecule has 2 aromatic heterocycles. The van der Waals surface area contributed by atoms with Crippen LogP contribution in [0.2, 0.25) is 0 Å². The minimum absolute atomic E-state index is 0.216. The van der Waals surface area contributed by atoms with Crippen LogP contribution in [0.5, 0.6) is 0 Å². The molecule has 0 aliphatic carbocycles. The van der Waals surface area contributed by atoms with Crippen LogP contribution in [-0.2, 0) is 13.6 Å². The Bertz CT molecular complexity index is 701. The number of pyridine rings is 1. The van der Waals surface area contributed by atoms with Gasteiger partial charge in [-0.25, -0.2) is 9.37 Å². The second-order valence-corrected chi connectivity index (χ2v) is 4.50. The zero-order chi connectivity index (χ0) is 13.2. The SMILES string of the molecule is Cn1ccc2c(NCc3ccc(F)cc3)nccc21. The van der Waals surface area contributed by atoms with Crippen LogP contribution in [0.3, 0.4) is 0 Å². The normalized spacial score (nSPS) is 10.8. The van der Waals surface area contributed by atoms with Gasteiger partial charge in [0.25, 0.3) is 0 Å². The maximum absolute atomic E-state index is 12.8. The van der Waals surface area contributed by atoms with Gasteiger partial charge in [0.05, 0.1) is 5.52 Å². The summed E-state index contributed by atoms with van der Waals surface area (Å²) in [5.74, 6) is 0.634. The highest BCUT2D eigenvalue weighted by Crippen LogP contribution is 2.21. The molecule has 2 heterocycles. The second kappa shape index (κ2) is 4.72. The summed E-state index contributed by atoms with van der Waals surface area (Å²) in [6.07, 6.45) is 3.80. The molecule has 0 aliphatic rings. The molecule has 0 aliphatic heterocycles. The third kappa shape index (κ3) is 2.29. The van der Waals surface area contributed by atoms with Crippen molar-refractivity contribution in [3.63, 3.8) is 0 Å². The smallest absolute Gasteiger partial charge is 0.135 e. The summed E-state index contributed by atoms with van der Waals surface area (Å²) in [7, 11) is 2.01. The third-order valence-electron chi connectivity index (χ3n) is 3.19. The molecule has 0 unspecified atom stereocenters. The van der Waals surface area contributed by atoms with Gasteiger partial charge in [-0.15, -0.1) is 0 Å². The van der Waals surface area contributed by atoms with Crippen LogP contribution in [0.1, 0.15) is 5.56 Å². The first-order chi connectivity index (χ1) is 9.24. The zero-order valence-electron chi connectivity index (χ0n) is 10.6. The molecule has 0 radical (unpaired) electrons. The summed E-state index contributed by atoms with van der Waals surface area (Å²) < 4.78 is 14.9. The fourth-order valence-electron chi connectivity index (χ4n) is 2.13. The van der Waals surface area contributed by atoms with Crippen LogP contribution < -0.4 is 5.32 Å². The summed E-state index contributed by atoms with van der Waals surface area (Å²) in [6.45, 7) is 0.626. The summed E-state index contributed by atoms with van der Waals surface area (Å²) in [6, 6.07) is 10.5. The number of nitrogens with one attached hydrogen (secondary N) is 1. The van der Waals surface area contributed by atoms with E-state index in [9.17, 15) is 4.39 Å². The Morgan fingerprint density at radius 1 is 1.16 bits per heavy atom. The Labute approximate surface area is 110 Å². The second-order valence-electron chi connectivity index (χ2n) is 4.50. The van der Waals surface area contributed by atoms with Gasteiger partial charge in [0, 0.05) is 31.4 Å². The first-order valence-electron chi connectivity index (χ1n) is 6.12. The van der Waals surface area contributed by atoms with Gasteiger partial charge in [0.2, 0.25) is 0 Å². The molecule has 0 atom stereocenters. The zero-order valence-corrected chi connectivity index (χ0v) is 10.6. The van der Waals surface area contributed by atoms with Crippen molar-refractivity contribution in [2.24, 2.45) is 7.05 Å². The first kappa shape index (κ1) is 11.7. The van der Waals surface area contributed by atoms with E-state index in [2.05, 4.69) is 14.9 Å². The number of benzene rings is 1. The first-order valence-corrected chi connectivity index (χ1v) is 6.12. The molecule has 19 heavy (non-hydrogen) atoms. The molecule has 0 saturated heterocycles. The molecular formula is C15H14FN3. The van der Waals surface area contributed by atoms with Crippen LogP contribution in [0, 0.1) is 5.82 Å². The molecule has 3 aromatic rings. The van der Waals surface area contributed by atoms with Crippen molar-refractivity contribution in [1.82, 2.24) is 9.55 Å². The third-order valence-corrected chi connectivity index (χ3v) is 3.19. The Balaban J connectivity index is 1.83. The number of rotatable bonds is 3. The Morgan fingerprint density at radius 3 is 2.74 bits per heavy atom. The Morgan fingerprint density at radius 2 is 1.95 bits per heavy atom. The van der Waals surface area contributed by atoms with Crippen LogP contribution in [0.15, 0.2) is 48.8 Å². The summed E-state index contributed by atoms with van der Waals surface area (Å²) >= 11 is 0. The van der Waals surface area contributed by atoms with Gasteiger partial charge in [-0.3, -0.25) is 0 Å². The summed E-state index contributed by atoms with van der Waals surface area (Å²) in [5, 5.41) is 4.38. The van der Waals surface area contributed by atoms with E-state index in [1.54, 1.807) is 18.3 Å². The molecule has 0 saturated carbocycles. The van der Waals surface area contributed by atoms with Crippen molar-refractivity contribution in [3.05, 3.63) is 60.2 Å². The lowest BCUT2D eigenvalue weighted by Crippen LogP contribution is -2.01. The lowest BCUT2D eigenvalue weighted by Gasteiger charge is -2.07. The van der Waals surface area contributed by atoms with E-state index in [1.807, 2.05) is 25.4 Å². The predicted octanol–water partition coefficient (Wildman–Crippen LogP) is 3.32. The maximum Gasteiger partial charge on any atom is 0.135 e. The van der Waals surface area contributed by atoms with Gasteiger partial charge < -0.3 is 9.88 Å². The number of hydrogen-bond acceptors (Lipinski definition) is 2. The molecule has 1 aromatic carbocycles. The van der Waals surface area contributed by atoms with E-state index in [1.165, 1.54) is 12.1 Å². The quantitative estimate of drug-likeness (QED) is 0.778. The topological polar surface area (TPSA) is 29.9 Å². The molecule has 96 valence electrons. The minimum Gasteiger partial charge on any atom is -0.365 e.